The first-order valence-electron chi connectivity index (χ1n) is 8.96. The van der Waals surface area contributed by atoms with Crippen molar-refractivity contribution in [2.75, 3.05) is 5.32 Å². The average molecular weight is 398 g/mol. The van der Waals surface area contributed by atoms with E-state index in [2.05, 4.69) is 20.6 Å². The summed E-state index contributed by atoms with van der Waals surface area (Å²) in [6.07, 6.45) is -1.51. The predicted octanol–water partition coefficient (Wildman–Crippen LogP) is 4.33. The molecule has 1 aromatic carbocycles. The molecule has 0 aliphatic carbocycles. The molecular formula is C21H17F3N4O. The van der Waals surface area contributed by atoms with E-state index in [0.717, 1.165) is 28.3 Å². The van der Waals surface area contributed by atoms with Crippen LogP contribution in [0.5, 0.6) is 0 Å². The summed E-state index contributed by atoms with van der Waals surface area (Å²) >= 11 is 0. The number of benzene rings is 1. The number of anilines is 1. The SMILES string of the molecule is Cc1cc(NCc2ccc(C(F)(F)F)nc2)ncc1-c1cccc2c1CNC2=O. The summed E-state index contributed by atoms with van der Waals surface area (Å²) in [7, 11) is 0. The molecule has 0 radical (unpaired) electrons. The number of alkyl halides is 3. The van der Waals surface area contributed by atoms with E-state index in [1.807, 2.05) is 25.1 Å². The van der Waals surface area contributed by atoms with E-state index in [9.17, 15) is 18.0 Å². The number of rotatable bonds is 4. The normalized spacial score (nSPS) is 13.2. The molecule has 8 heteroatoms. The lowest BCUT2D eigenvalue weighted by Crippen LogP contribution is -2.12. The van der Waals surface area contributed by atoms with Crippen molar-refractivity contribution in [3.8, 4) is 11.1 Å². The van der Waals surface area contributed by atoms with Crippen molar-refractivity contribution in [3.05, 3.63) is 76.7 Å². The number of aromatic nitrogens is 2. The first kappa shape index (κ1) is 18.9. The molecule has 5 nitrogen and oxygen atoms in total. The Morgan fingerprint density at radius 3 is 2.55 bits per heavy atom. The van der Waals surface area contributed by atoms with Crippen molar-refractivity contribution in [3.63, 3.8) is 0 Å². The van der Waals surface area contributed by atoms with Crippen molar-refractivity contribution < 1.29 is 18.0 Å². The topological polar surface area (TPSA) is 66.9 Å². The fraction of sp³-hybridized carbons (Fsp3) is 0.190. The van der Waals surface area contributed by atoms with Gasteiger partial charge < -0.3 is 10.6 Å². The largest absolute Gasteiger partial charge is 0.433 e. The van der Waals surface area contributed by atoms with Crippen molar-refractivity contribution in [2.24, 2.45) is 0 Å². The highest BCUT2D eigenvalue weighted by Gasteiger charge is 2.32. The van der Waals surface area contributed by atoms with Gasteiger partial charge in [0.2, 0.25) is 0 Å². The van der Waals surface area contributed by atoms with Crippen molar-refractivity contribution in [2.45, 2.75) is 26.2 Å². The maximum Gasteiger partial charge on any atom is 0.433 e. The van der Waals surface area contributed by atoms with Gasteiger partial charge in [0.25, 0.3) is 5.91 Å². The highest BCUT2D eigenvalue weighted by Crippen LogP contribution is 2.32. The van der Waals surface area contributed by atoms with Gasteiger partial charge in [0.05, 0.1) is 0 Å². The quantitative estimate of drug-likeness (QED) is 0.687. The molecule has 3 heterocycles. The van der Waals surface area contributed by atoms with Crippen LogP contribution in [0.2, 0.25) is 0 Å². The molecule has 1 amide bonds. The second-order valence-corrected chi connectivity index (χ2v) is 6.80. The van der Waals surface area contributed by atoms with E-state index in [4.69, 9.17) is 0 Å². The number of hydrogen-bond acceptors (Lipinski definition) is 4. The summed E-state index contributed by atoms with van der Waals surface area (Å²) in [6.45, 7) is 2.74. The highest BCUT2D eigenvalue weighted by molar-refractivity contribution is 6.00. The number of carbonyl (C=O) groups is 1. The first-order valence-corrected chi connectivity index (χ1v) is 8.96. The minimum Gasteiger partial charge on any atom is -0.366 e. The smallest absolute Gasteiger partial charge is 0.366 e. The predicted molar refractivity (Wildman–Crippen MR) is 102 cm³/mol. The van der Waals surface area contributed by atoms with Gasteiger partial charge in [0, 0.05) is 36.6 Å². The summed E-state index contributed by atoms with van der Waals surface area (Å²) in [4.78, 5) is 19.7. The fourth-order valence-corrected chi connectivity index (χ4v) is 3.33. The zero-order valence-corrected chi connectivity index (χ0v) is 15.5. The highest BCUT2D eigenvalue weighted by atomic mass is 19.4. The van der Waals surface area contributed by atoms with Gasteiger partial charge in [0.1, 0.15) is 11.5 Å². The Morgan fingerprint density at radius 1 is 1.07 bits per heavy atom. The number of carbonyl (C=O) groups excluding carboxylic acids is 1. The van der Waals surface area contributed by atoms with Crippen LogP contribution in [0, 0.1) is 6.92 Å². The minimum atomic E-state index is -4.45. The van der Waals surface area contributed by atoms with Crippen LogP contribution in [0.3, 0.4) is 0 Å². The van der Waals surface area contributed by atoms with Gasteiger partial charge >= 0.3 is 6.18 Å². The molecule has 0 bridgehead atoms. The zero-order chi connectivity index (χ0) is 20.6. The number of pyridine rings is 2. The molecule has 148 valence electrons. The molecule has 3 aromatic rings. The number of halogens is 3. The van der Waals surface area contributed by atoms with E-state index in [1.54, 1.807) is 12.3 Å². The second-order valence-electron chi connectivity index (χ2n) is 6.80. The maximum atomic E-state index is 12.6. The van der Waals surface area contributed by atoms with Crippen molar-refractivity contribution >= 4 is 11.7 Å². The zero-order valence-electron chi connectivity index (χ0n) is 15.5. The molecule has 0 saturated heterocycles. The van der Waals surface area contributed by atoms with E-state index >= 15 is 0 Å². The Labute approximate surface area is 165 Å². The minimum absolute atomic E-state index is 0.0732. The van der Waals surface area contributed by atoms with Crippen LogP contribution >= 0.6 is 0 Å². The number of hydrogen-bond donors (Lipinski definition) is 2. The third kappa shape index (κ3) is 3.78. The average Bonchev–Trinajstić information content (AvgIpc) is 3.07. The summed E-state index contributed by atoms with van der Waals surface area (Å²) in [5.41, 5.74) is 4.21. The van der Waals surface area contributed by atoms with Gasteiger partial charge in [-0.2, -0.15) is 13.2 Å². The Kier molecular flexibility index (Phi) is 4.70. The number of amides is 1. The molecule has 2 N–H and O–H groups in total. The van der Waals surface area contributed by atoms with Gasteiger partial charge in [-0.15, -0.1) is 0 Å². The van der Waals surface area contributed by atoms with Crippen molar-refractivity contribution in [1.82, 2.24) is 15.3 Å². The monoisotopic (exact) mass is 398 g/mol. The Morgan fingerprint density at radius 2 is 1.86 bits per heavy atom. The third-order valence-corrected chi connectivity index (χ3v) is 4.84. The summed E-state index contributed by atoms with van der Waals surface area (Å²) in [5, 5.41) is 5.93. The maximum absolute atomic E-state index is 12.6. The third-order valence-electron chi connectivity index (χ3n) is 4.84. The number of nitrogens with zero attached hydrogens (tertiary/aromatic N) is 2. The molecule has 29 heavy (non-hydrogen) atoms. The molecule has 0 atom stereocenters. The molecule has 0 saturated carbocycles. The summed E-state index contributed by atoms with van der Waals surface area (Å²) in [5.74, 6) is 0.531. The lowest BCUT2D eigenvalue weighted by atomic mass is 9.95. The molecule has 1 aliphatic heterocycles. The fourth-order valence-electron chi connectivity index (χ4n) is 3.33. The standard InChI is InChI=1S/C21H17F3N4O/c1-12-7-19(26-9-13-5-6-18(25-8-13)21(22,23)24)27-10-16(12)14-3-2-4-15-17(14)11-28-20(15)29/h2-8,10H,9,11H2,1H3,(H,26,27)(H,28,29). The molecule has 0 spiro atoms. The van der Waals surface area contributed by atoms with E-state index < -0.39 is 11.9 Å². The van der Waals surface area contributed by atoms with Crippen LogP contribution in [0.1, 0.15) is 32.7 Å². The Hall–Kier alpha value is -3.42. The molecule has 4 rings (SSSR count). The lowest BCUT2D eigenvalue weighted by molar-refractivity contribution is -0.141. The van der Waals surface area contributed by atoms with Gasteiger partial charge in [-0.25, -0.2) is 4.98 Å². The van der Waals surface area contributed by atoms with Crippen LogP contribution in [-0.2, 0) is 19.3 Å². The number of aryl methyl sites for hydroxylation is 1. The molecular weight excluding hydrogens is 381 g/mol. The molecule has 1 aliphatic rings. The van der Waals surface area contributed by atoms with Crippen LogP contribution < -0.4 is 10.6 Å². The molecule has 0 unspecified atom stereocenters. The van der Waals surface area contributed by atoms with Gasteiger partial charge in [-0.1, -0.05) is 18.2 Å². The van der Waals surface area contributed by atoms with Gasteiger partial charge in [0.15, 0.2) is 0 Å². The molecule has 0 fully saturated rings. The molecule has 2 aromatic heterocycles. The van der Waals surface area contributed by atoms with Crippen LogP contribution in [0.25, 0.3) is 11.1 Å². The van der Waals surface area contributed by atoms with Gasteiger partial charge in [-0.3, -0.25) is 9.78 Å². The number of nitrogens with one attached hydrogen (secondary N) is 2. The van der Waals surface area contributed by atoms with Crippen molar-refractivity contribution in [1.29, 1.82) is 0 Å². The summed E-state index contributed by atoms with van der Waals surface area (Å²) < 4.78 is 37.8. The second kappa shape index (κ2) is 7.20. The van der Waals surface area contributed by atoms with Crippen LogP contribution in [-0.4, -0.2) is 15.9 Å². The number of fused-ring (bicyclic) bond motifs is 1. The lowest BCUT2D eigenvalue weighted by Gasteiger charge is -2.12. The van der Waals surface area contributed by atoms with Crippen LogP contribution in [0.15, 0.2) is 48.8 Å². The summed E-state index contributed by atoms with van der Waals surface area (Å²) in [6, 6.07) is 9.84. The Bertz CT molecular complexity index is 1080. The first-order chi connectivity index (χ1) is 13.8. The van der Waals surface area contributed by atoms with E-state index in [1.165, 1.54) is 12.3 Å². The van der Waals surface area contributed by atoms with Gasteiger partial charge in [-0.05, 0) is 47.4 Å². The van der Waals surface area contributed by atoms with Crippen LogP contribution in [0.4, 0.5) is 19.0 Å². The Balaban J connectivity index is 1.51. The van der Waals surface area contributed by atoms with E-state index in [-0.39, 0.29) is 5.91 Å². The van der Waals surface area contributed by atoms with E-state index in [0.29, 0.717) is 30.0 Å².